The Morgan fingerprint density at radius 2 is 1.77 bits per heavy atom. The molecule has 6 heteroatoms. The molecule has 31 heavy (non-hydrogen) atoms. The molecule has 1 aliphatic rings. The van der Waals surface area contributed by atoms with Crippen LogP contribution >= 0.6 is 17.0 Å². The summed E-state index contributed by atoms with van der Waals surface area (Å²) in [6, 6.07) is 19.2. The van der Waals surface area contributed by atoms with Crippen molar-refractivity contribution >= 4 is 23.1 Å². The standard InChI is InChI=1S/C25H30N2O3.BrH/c1-24(2,3)30-23(28)27-17-16-25(29,15-14-20-10-6-4-7-11-20)22(19-27)26-18-21-12-8-5-9-13-21;/h4-13,22,26,29H,16-19H2,1-3H3;1H/t22-,25-;/m0./s1. The van der Waals surface area contributed by atoms with Gasteiger partial charge in [0.1, 0.15) is 11.2 Å². The Morgan fingerprint density at radius 1 is 1.16 bits per heavy atom. The predicted molar refractivity (Wildman–Crippen MR) is 128 cm³/mol. The van der Waals surface area contributed by atoms with Gasteiger partial charge in [-0.1, -0.05) is 60.4 Å². The molecule has 2 aromatic rings. The fourth-order valence-corrected chi connectivity index (χ4v) is 3.36. The summed E-state index contributed by atoms with van der Waals surface area (Å²) >= 11 is 0. The fraction of sp³-hybridized carbons (Fsp3) is 0.400. The summed E-state index contributed by atoms with van der Waals surface area (Å²) in [4.78, 5) is 14.2. The Balaban J connectivity index is 0.00000341. The van der Waals surface area contributed by atoms with Crippen LogP contribution in [0.25, 0.3) is 0 Å². The summed E-state index contributed by atoms with van der Waals surface area (Å²) in [5.41, 5.74) is 0.140. The number of hydrogen-bond donors (Lipinski definition) is 2. The van der Waals surface area contributed by atoms with Gasteiger partial charge < -0.3 is 20.1 Å². The van der Waals surface area contributed by atoms with Crippen molar-refractivity contribution < 1.29 is 14.6 Å². The maximum absolute atomic E-state index is 12.6. The first-order valence-corrected chi connectivity index (χ1v) is 10.3. The number of likely N-dealkylation sites (tertiary alicyclic amines) is 1. The minimum absolute atomic E-state index is 0. The lowest BCUT2D eigenvalue weighted by atomic mass is 9.86. The van der Waals surface area contributed by atoms with Gasteiger partial charge >= 0.3 is 6.09 Å². The van der Waals surface area contributed by atoms with Crippen LogP contribution in [0.15, 0.2) is 60.7 Å². The van der Waals surface area contributed by atoms with E-state index in [9.17, 15) is 9.90 Å². The highest BCUT2D eigenvalue weighted by atomic mass is 79.9. The molecule has 5 nitrogen and oxygen atoms in total. The largest absolute Gasteiger partial charge is 0.444 e. The van der Waals surface area contributed by atoms with E-state index in [0.29, 0.717) is 26.1 Å². The van der Waals surface area contributed by atoms with Crippen molar-refractivity contribution in [1.82, 2.24) is 10.2 Å². The summed E-state index contributed by atoms with van der Waals surface area (Å²) in [5, 5.41) is 14.8. The number of carbonyl (C=O) groups is 1. The van der Waals surface area contributed by atoms with Crippen molar-refractivity contribution in [2.24, 2.45) is 0 Å². The van der Waals surface area contributed by atoms with E-state index in [-0.39, 0.29) is 23.1 Å². The number of amides is 1. The summed E-state index contributed by atoms with van der Waals surface area (Å²) < 4.78 is 5.53. The zero-order valence-electron chi connectivity index (χ0n) is 18.3. The van der Waals surface area contributed by atoms with E-state index < -0.39 is 17.2 Å². The molecule has 3 rings (SSSR count). The molecule has 0 unspecified atom stereocenters. The molecule has 2 aromatic carbocycles. The zero-order valence-corrected chi connectivity index (χ0v) is 20.0. The third-order valence-electron chi connectivity index (χ3n) is 4.99. The van der Waals surface area contributed by atoms with Gasteiger partial charge in [0.2, 0.25) is 0 Å². The molecule has 1 amide bonds. The number of ether oxygens (including phenoxy) is 1. The van der Waals surface area contributed by atoms with E-state index in [0.717, 1.165) is 11.1 Å². The smallest absolute Gasteiger partial charge is 0.410 e. The van der Waals surface area contributed by atoms with Gasteiger partial charge in [0, 0.05) is 31.6 Å². The van der Waals surface area contributed by atoms with E-state index in [1.165, 1.54) is 0 Å². The molecule has 0 saturated carbocycles. The van der Waals surface area contributed by atoms with Crippen LogP contribution in [0, 0.1) is 11.8 Å². The van der Waals surface area contributed by atoms with Crippen molar-refractivity contribution in [3.8, 4) is 11.8 Å². The van der Waals surface area contributed by atoms with Crippen molar-refractivity contribution in [2.75, 3.05) is 13.1 Å². The number of nitrogens with zero attached hydrogens (tertiary/aromatic N) is 1. The van der Waals surface area contributed by atoms with Gasteiger partial charge in [-0.3, -0.25) is 0 Å². The fourth-order valence-electron chi connectivity index (χ4n) is 3.36. The highest BCUT2D eigenvalue weighted by molar-refractivity contribution is 8.93. The van der Waals surface area contributed by atoms with Crippen LogP contribution in [0.5, 0.6) is 0 Å². The van der Waals surface area contributed by atoms with E-state index in [1.54, 1.807) is 4.90 Å². The molecule has 2 N–H and O–H groups in total. The lowest BCUT2D eigenvalue weighted by Crippen LogP contribution is -2.62. The molecular weight excluding hydrogens is 456 g/mol. The van der Waals surface area contributed by atoms with Crippen LogP contribution in [-0.4, -0.2) is 46.4 Å². The summed E-state index contributed by atoms with van der Waals surface area (Å²) in [6.07, 6.45) is -0.0227. The first kappa shape index (κ1) is 24.9. The van der Waals surface area contributed by atoms with Crippen molar-refractivity contribution in [1.29, 1.82) is 0 Å². The average molecular weight is 487 g/mol. The molecule has 2 atom stereocenters. The topological polar surface area (TPSA) is 61.8 Å². The van der Waals surface area contributed by atoms with Gasteiger partial charge in [0.15, 0.2) is 0 Å². The van der Waals surface area contributed by atoms with Gasteiger partial charge in [-0.05, 0) is 38.5 Å². The van der Waals surface area contributed by atoms with Crippen LogP contribution in [0.4, 0.5) is 4.79 Å². The van der Waals surface area contributed by atoms with Gasteiger partial charge in [-0.2, -0.15) is 0 Å². The van der Waals surface area contributed by atoms with E-state index in [2.05, 4.69) is 17.2 Å². The van der Waals surface area contributed by atoms with E-state index in [4.69, 9.17) is 4.74 Å². The molecule has 0 aromatic heterocycles. The monoisotopic (exact) mass is 486 g/mol. The molecule has 0 spiro atoms. The van der Waals surface area contributed by atoms with Gasteiger partial charge in [-0.15, -0.1) is 17.0 Å². The molecule has 166 valence electrons. The predicted octanol–water partition coefficient (Wildman–Crippen LogP) is 4.15. The highest BCUT2D eigenvalue weighted by Crippen LogP contribution is 2.24. The first-order valence-electron chi connectivity index (χ1n) is 10.3. The number of halogens is 1. The lowest BCUT2D eigenvalue weighted by molar-refractivity contribution is -0.0234. The van der Waals surface area contributed by atoms with Crippen LogP contribution < -0.4 is 5.32 Å². The summed E-state index contributed by atoms with van der Waals surface area (Å²) in [5.74, 6) is 6.16. The third-order valence-corrected chi connectivity index (χ3v) is 4.99. The van der Waals surface area contributed by atoms with Crippen molar-refractivity contribution in [2.45, 2.75) is 51.0 Å². The second-order valence-electron chi connectivity index (χ2n) is 8.64. The summed E-state index contributed by atoms with van der Waals surface area (Å²) in [7, 11) is 0. The van der Waals surface area contributed by atoms with Crippen LogP contribution in [0.1, 0.15) is 38.3 Å². The number of benzene rings is 2. The van der Waals surface area contributed by atoms with Gasteiger partial charge in [0.25, 0.3) is 0 Å². The Labute approximate surface area is 195 Å². The van der Waals surface area contributed by atoms with E-state index >= 15 is 0 Å². The Kier molecular flexibility index (Phi) is 8.69. The maximum atomic E-state index is 12.6. The minimum atomic E-state index is -1.25. The summed E-state index contributed by atoms with van der Waals surface area (Å²) in [6.45, 7) is 6.83. The van der Waals surface area contributed by atoms with Crippen LogP contribution in [-0.2, 0) is 11.3 Å². The number of piperidine rings is 1. The molecule has 1 saturated heterocycles. The molecular formula is C25H31BrN2O3. The van der Waals surface area contributed by atoms with Gasteiger partial charge in [-0.25, -0.2) is 4.79 Å². The molecule has 0 bridgehead atoms. The maximum Gasteiger partial charge on any atom is 0.410 e. The molecule has 1 heterocycles. The normalized spacial score (nSPS) is 20.8. The van der Waals surface area contributed by atoms with Crippen molar-refractivity contribution in [3.05, 3.63) is 71.8 Å². The quantitative estimate of drug-likeness (QED) is 0.639. The van der Waals surface area contributed by atoms with Gasteiger partial charge in [0.05, 0.1) is 6.04 Å². The van der Waals surface area contributed by atoms with Crippen LogP contribution in [0.3, 0.4) is 0 Å². The Bertz CT molecular complexity index is 903. The SMILES string of the molecule is Br.CC(C)(C)OC(=O)N1CC[C@@](O)(C#Cc2ccccc2)[C@@H](NCc2ccccc2)C1. The Morgan fingerprint density at radius 3 is 2.39 bits per heavy atom. The molecule has 1 aliphatic heterocycles. The number of carbonyl (C=O) groups excluding carboxylic acids is 1. The Hall–Kier alpha value is -2.33. The van der Waals surface area contributed by atoms with E-state index in [1.807, 2.05) is 81.4 Å². The minimum Gasteiger partial charge on any atom is -0.444 e. The second kappa shape index (κ2) is 10.8. The lowest BCUT2D eigenvalue weighted by Gasteiger charge is -2.42. The number of aliphatic hydroxyl groups is 1. The van der Waals surface area contributed by atoms with Crippen molar-refractivity contribution in [3.63, 3.8) is 0 Å². The first-order chi connectivity index (χ1) is 14.3. The zero-order chi connectivity index (χ0) is 21.6. The molecule has 1 fully saturated rings. The molecule has 0 radical (unpaired) electrons. The highest BCUT2D eigenvalue weighted by Gasteiger charge is 2.42. The third kappa shape index (κ3) is 7.39. The number of rotatable bonds is 3. The average Bonchev–Trinajstić information content (AvgIpc) is 2.72. The molecule has 0 aliphatic carbocycles. The van der Waals surface area contributed by atoms with Crippen LogP contribution in [0.2, 0.25) is 0 Å². The second-order valence-corrected chi connectivity index (χ2v) is 8.64. The number of nitrogens with one attached hydrogen (secondary N) is 1. The number of hydrogen-bond acceptors (Lipinski definition) is 4.